The van der Waals surface area contributed by atoms with E-state index in [1.54, 1.807) is 13.0 Å². The number of ketones is 1. The summed E-state index contributed by atoms with van der Waals surface area (Å²) in [6.45, 7) is 3.69. The summed E-state index contributed by atoms with van der Waals surface area (Å²) >= 11 is 5.70. The topological polar surface area (TPSA) is 43.1 Å². The van der Waals surface area contributed by atoms with Crippen LogP contribution >= 0.6 is 11.6 Å². The van der Waals surface area contributed by atoms with Crippen LogP contribution in [0.25, 0.3) is 0 Å². The first-order chi connectivity index (χ1) is 6.56. The highest BCUT2D eigenvalue weighted by Crippen LogP contribution is 2.18. The third-order valence-electron chi connectivity index (χ3n) is 2.15. The summed E-state index contributed by atoms with van der Waals surface area (Å²) in [5.74, 6) is -0.119. The summed E-state index contributed by atoms with van der Waals surface area (Å²) in [6, 6.07) is 5.48. The minimum absolute atomic E-state index is 0.119. The van der Waals surface area contributed by atoms with E-state index in [1.807, 2.05) is 19.1 Å². The van der Waals surface area contributed by atoms with Crippen LogP contribution in [0.15, 0.2) is 18.2 Å². The molecule has 0 spiro atoms. The number of alkyl halides is 1. The van der Waals surface area contributed by atoms with Crippen LogP contribution in [0, 0.1) is 0 Å². The van der Waals surface area contributed by atoms with E-state index in [-0.39, 0.29) is 5.78 Å². The van der Waals surface area contributed by atoms with Gasteiger partial charge in [0.15, 0.2) is 5.78 Å². The zero-order valence-electron chi connectivity index (χ0n) is 8.38. The lowest BCUT2D eigenvalue weighted by atomic mass is 10.0. The second-order valence-electron chi connectivity index (χ2n) is 3.26. The van der Waals surface area contributed by atoms with Crippen molar-refractivity contribution in [1.29, 1.82) is 0 Å². The zero-order chi connectivity index (χ0) is 10.7. The van der Waals surface area contributed by atoms with E-state index in [4.69, 9.17) is 17.3 Å². The number of halogens is 1. The molecule has 0 aliphatic carbocycles. The molecule has 1 atom stereocenters. The molecule has 0 saturated carbocycles. The molecule has 0 saturated heterocycles. The number of anilines is 1. The van der Waals surface area contributed by atoms with Gasteiger partial charge in [0.2, 0.25) is 0 Å². The highest BCUT2D eigenvalue weighted by Gasteiger charge is 2.14. The molecule has 1 aromatic rings. The number of hydrogen-bond donors (Lipinski definition) is 1. The lowest BCUT2D eigenvalue weighted by Crippen LogP contribution is -2.13. The minimum atomic E-state index is -0.523. The first kappa shape index (κ1) is 11.1. The van der Waals surface area contributed by atoms with Gasteiger partial charge in [0.25, 0.3) is 0 Å². The minimum Gasteiger partial charge on any atom is -0.398 e. The van der Waals surface area contributed by atoms with E-state index in [1.165, 1.54) is 0 Å². The van der Waals surface area contributed by atoms with Crippen LogP contribution in [0.5, 0.6) is 0 Å². The number of nitrogen functional groups attached to an aromatic ring is 1. The third kappa shape index (κ3) is 2.26. The summed E-state index contributed by atoms with van der Waals surface area (Å²) in [4.78, 5) is 11.6. The molecule has 2 N–H and O–H groups in total. The fourth-order valence-electron chi connectivity index (χ4n) is 1.27. The summed E-state index contributed by atoms with van der Waals surface area (Å²) < 4.78 is 0. The molecule has 3 heteroatoms. The van der Waals surface area contributed by atoms with Gasteiger partial charge in [0.1, 0.15) is 0 Å². The Balaban J connectivity index is 3.06. The molecule has 0 aliphatic rings. The molecule has 14 heavy (non-hydrogen) atoms. The first-order valence-electron chi connectivity index (χ1n) is 4.63. The number of nitrogens with two attached hydrogens (primary N) is 1. The molecule has 1 rings (SSSR count). The van der Waals surface area contributed by atoms with Gasteiger partial charge in [0, 0.05) is 11.3 Å². The van der Waals surface area contributed by atoms with E-state index in [0.717, 1.165) is 12.0 Å². The van der Waals surface area contributed by atoms with Crippen molar-refractivity contribution in [2.75, 3.05) is 5.73 Å². The number of carbonyl (C=O) groups is 1. The summed E-state index contributed by atoms with van der Waals surface area (Å²) in [5, 5.41) is -0.523. The molecule has 0 amide bonds. The molecule has 0 aliphatic heterocycles. The Morgan fingerprint density at radius 1 is 1.57 bits per heavy atom. The maximum absolute atomic E-state index is 11.6. The number of rotatable bonds is 3. The molecule has 2 nitrogen and oxygen atoms in total. The SMILES string of the molecule is CCc1ccc(C(=O)C(C)Cl)c(N)c1. The third-order valence-corrected chi connectivity index (χ3v) is 2.35. The van der Waals surface area contributed by atoms with Gasteiger partial charge >= 0.3 is 0 Å². The average Bonchev–Trinajstić information content (AvgIpc) is 2.16. The highest BCUT2D eigenvalue weighted by molar-refractivity contribution is 6.34. The summed E-state index contributed by atoms with van der Waals surface area (Å²) in [7, 11) is 0. The van der Waals surface area contributed by atoms with Crippen molar-refractivity contribution in [1.82, 2.24) is 0 Å². The monoisotopic (exact) mass is 211 g/mol. The van der Waals surface area contributed by atoms with E-state index in [9.17, 15) is 4.79 Å². The highest BCUT2D eigenvalue weighted by atomic mass is 35.5. The lowest BCUT2D eigenvalue weighted by Gasteiger charge is -2.07. The fourth-order valence-corrected chi connectivity index (χ4v) is 1.39. The predicted octanol–water partition coefficient (Wildman–Crippen LogP) is 2.64. The van der Waals surface area contributed by atoms with E-state index >= 15 is 0 Å². The maximum atomic E-state index is 11.6. The van der Waals surface area contributed by atoms with Crippen molar-refractivity contribution in [3.05, 3.63) is 29.3 Å². The molecule has 1 unspecified atom stereocenters. The van der Waals surface area contributed by atoms with Gasteiger partial charge in [-0.25, -0.2) is 0 Å². The molecule has 0 fully saturated rings. The fraction of sp³-hybridized carbons (Fsp3) is 0.364. The molecule has 1 aromatic carbocycles. The smallest absolute Gasteiger partial charge is 0.182 e. The van der Waals surface area contributed by atoms with Crippen LogP contribution in [0.3, 0.4) is 0 Å². The number of carbonyl (C=O) groups excluding carboxylic acids is 1. The van der Waals surface area contributed by atoms with Crippen LogP contribution in [0.1, 0.15) is 29.8 Å². The van der Waals surface area contributed by atoms with Gasteiger partial charge in [0.05, 0.1) is 5.38 Å². The van der Waals surface area contributed by atoms with Crippen molar-refractivity contribution in [2.24, 2.45) is 0 Å². The van der Waals surface area contributed by atoms with Gasteiger partial charge in [-0.05, 0) is 31.0 Å². The van der Waals surface area contributed by atoms with Crippen LogP contribution in [0.2, 0.25) is 0 Å². The molecule has 0 bridgehead atoms. The molecule has 0 aromatic heterocycles. The Morgan fingerprint density at radius 2 is 2.21 bits per heavy atom. The summed E-state index contributed by atoms with van der Waals surface area (Å²) in [5.41, 5.74) is 7.92. The largest absolute Gasteiger partial charge is 0.398 e. The Labute approximate surface area is 89.1 Å². The first-order valence-corrected chi connectivity index (χ1v) is 5.06. The Kier molecular flexibility index (Phi) is 3.53. The van der Waals surface area contributed by atoms with Crippen LogP contribution < -0.4 is 5.73 Å². The molecular weight excluding hydrogens is 198 g/mol. The second kappa shape index (κ2) is 4.47. The molecule has 0 heterocycles. The Morgan fingerprint density at radius 3 is 2.64 bits per heavy atom. The normalized spacial score (nSPS) is 12.5. The predicted molar refractivity (Wildman–Crippen MR) is 59.9 cm³/mol. The van der Waals surface area contributed by atoms with Gasteiger partial charge in [-0.3, -0.25) is 4.79 Å². The number of Topliss-reactive ketones (excluding diaryl/α,β-unsaturated/α-hetero) is 1. The number of hydrogen-bond acceptors (Lipinski definition) is 2. The summed E-state index contributed by atoms with van der Waals surface area (Å²) in [6.07, 6.45) is 0.912. The Hall–Kier alpha value is -1.02. The molecular formula is C11H14ClNO. The lowest BCUT2D eigenvalue weighted by molar-refractivity contribution is 0.0992. The van der Waals surface area contributed by atoms with Crippen molar-refractivity contribution in [2.45, 2.75) is 25.6 Å². The van der Waals surface area contributed by atoms with Gasteiger partial charge in [-0.1, -0.05) is 13.0 Å². The van der Waals surface area contributed by atoms with Crippen LogP contribution in [0.4, 0.5) is 5.69 Å². The van der Waals surface area contributed by atoms with Gasteiger partial charge in [-0.15, -0.1) is 11.6 Å². The number of aryl methyl sites for hydroxylation is 1. The quantitative estimate of drug-likeness (QED) is 0.475. The van der Waals surface area contributed by atoms with E-state index in [2.05, 4.69) is 0 Å². The maximum Gasteiger partial charge on any atom is 0.182 e. The second-order valence-corrected chi connectivity index (χ2v) is 3.91. The van der Waals surface area contributed by atoms with Crippen molar-refractivity contribution in [3.8, 4) is 0 Å². The van der Waals surface area contributed by atoms with Crippen molar-refractivity contribution < 1.29 is 4.79 Å². The van der Waals surface area contributed by atoms with Crippen LogP contribution in [-0.4, -0.2) is 11.2 Å². The average molecular weight is 212 g/mol. The Bertz CT molecular complexity index is 347. The number of benzene rings is 1. The van der Waals surface area contributed by atoms with Gasteiger partial charge < -0.3 is 5.73 Å². The molecule has 0 radical (unpaired) electrons. The molecule has 76 valence electrons. The van der Waals surface area contributed by atoms with Crippen molar-refractivity contribution >= 4 is 23.1 Å². The van der Waals surface area contributed by atoms with Gasteiger partial charge in [-0.2, -0.15) is 0 Å². The van der Waals surface area contributed by atoms with E-state index < -0.39 is 5.38 Å². The van der Waals surface area contributed by atoms with E-state index in [0.29, 0.717) is 11.3 Å². The zero-order valence-corrected chi connectivity index (χ0v) is 9.14. The van der Waals surface area contributed by atoms with Crippen LogP contribution in [-0.2, 0) is 6.42 Å². The van der Waals surface area contributed by atoms with Crippen molar-refractivity contribution in [3.63, 3.8) is 0 Å². The standard InChI is InChI=1S/C11H14ClNO/c1-3-8-4-5-9(10(13)6-8)11(14)7(2)12/h4-7H,3,13H2,1-2H3.